The molecule has 18 heavy (non-hydrogen) atoms. The number of carbonyl (C=O) groups is 1. The molecule has 2 aromatic rings. The van der Waals surface area contributed by atoms with Crippen LogP contribution >= 0.6 is 0 Å². The smallest absolute Gasteiger partial charge is 0.167 e. The van der Waals surface area contributed by atoms with Gasteiger partial charge < -0.3 is 4.74 Å². The lowest BCUT2D eigenvalue weighted by atomic mass is 10.0. The Labute approximate surface area is 106 Å². The van der Waals surface area contributed by atoms with Gasteiger partial charge in [0.25, 0.3) is 0 Å². The van der Waals surface area contributed by atoms with Gasteiger partial charge in [0.2, 0.25) is 0 Å². The van der Waals surface area contributed by atoms with Crippen molar-refractivity contribution < 1.29 is 9.53 Å². The Balaban J connectivity index is 1.91. The third-order valence-electron chi connectivity index (χ3n) is 3.37. The van der Waals surface area contributed by atoms with Crippen LogP contribution in [0.1, 0.15) is 29.6 Å². The van der Waals surface area contributed by atoms with Crippen molar-refractivity contribution >= 4 is 16.7 Å². The summed E-state index contributed by atoms with van der Waals surface area (Å²) in [4.78, 5) is 16.6. The fourth-order valence-electron chi connectivity index (χ4n) is 2.45. The van der Waals surface area contributed by atoms with Gasteiger partial charge in [-0.2, -0.15) is 0 Å². The lowest BCUT2D eigenvalue weighted by molar-refractivity contribution is 0.0777. The molecule has 1 fully saturated rings. The highest BCUT2D eigenvalue weighted by Crippen LogP contribution is 2.21. The number of carbonyl (C=O) groups excluding carboxylic acids is 1. The summed E-state index contributed by atoms with van der Waals surface area (Å²) in [7, 11) is 0. The summed E-state index contributed by atoms with van der Waals surface area (Å²) in [6.07, 6.45) is 4.34. The number of hydrogen-bond acceptors (Lipinski definition) is 3. The maximum atomic E-state index is 12.3. The Morgan fingerprint density at radius 2 is 2.22 bits per heavy atom. The van der Waals surface area contributed by atoms with Crippen molar-refractivity contribution in [3.63, 3.8) is 0 Å². The van der Waals surface area contributed by atoms with Crippen molar-refractivity contribution in [2.75, 3.05) is 6.61 Å². The van der Waals surface area contributed by atoms with Crippen molar-refractivity contribution in [3.8, 4) is 0 Å². The van der Waals surface area contributed by atoms with E-state index in [-0.39, 0.29) is 11.9 Å². The highest BCUT2D eigenvalue weighted by Gasteiger charge is 2.21. The molecule has 0 bridgehead atoms. The average molecular weight is 241 g/mol. The molecule has 92 valence electrons. The van der Waals surface area contributed by atoms with E-state index in [9.17, 15) is 4.79 Å². The molecule has 1 atom stereocenters. The number of fused-ring (bicyclic) bond motifs is 1. The first-order valence-electron chi connectivity index (χ1n) is 6.33. The summed E-state index contributed by atoms with van der Waals surface area (Å²) in [6, 6.07) is 9.60. The molecule has 1 saturated heterocycles. The van der Waals surface area contributed by atoms with E-state index in [4.69, 9.17) is 4.74 Å². The minimum Gasteiger partial charge on any atom is -0.378 e. The Morgan fingerprint density at radius 1 is 1.33 bits per heavy atom. The molecule has 1 aromatic carbocycles. The van der Waals surface area contributed by atoms with Gasteiger partial charge in [-0.05, 0) is 25.0 Å². The quantitative estimate of drug-likeness (QED) is 0.775. The number of hydrogen-bond donors (Lipinski definition) is 0. The molecule has 1 aromatic heterocycles. The van der Waals surface area contributed by atoms with Crippen LogP contribution in [0.4, 0.5) is 0 Å². The van der Waals surface area contributed by atoms with Crippen LogP contribution in [-0.4, -0.2) is 23.5 Å². The van der Waals surface area contributed by atoms with Gasteiger partial charge in [0, 0.05) is 30.2 Å². The number of rotatable bonds is 3. The van der Waals surface area contributed by atoms with E-state index in [1.807, 2.05) is 30.3 Å². The van der Waals surface area contributed by atoms with Crippen LogP contribution in [0.5, 0.6) is 0 Å². The minimum atomic E-state index is 0.0940. The number of nitrogens with zero attached hydrogens (tertiary/aromatic N) is 1. The van der Waals surface area contributed by atoms with Gasteiger partial charge in [-0.3, -0.25) is 9.78 Å². The molecular formula is C15H15NO2. The topological polar surface area (TPSA) is 39.2 Å². The van der Waals surface area contributed by atoms with Crippen LogP contribution in [0, 0.1) is 0 Å². The number of ketones is 1. The van der Waals surface area contributed by atoms with E-state index < -0.39 is 0 Å². The Bertz CT molecular complexity index is 568. The zero-order valence-electron chi connectivity index (χ0n) is 10.1. The van der Waals surface area contributed by atoms with Gasteiger partial charge in [-0.1, -0.05) is 18.2 Å². The normalized spacial score (nSPS) is 19.2. The fraction of sp³-hybridized carbons (Fsp3) is 0.333. The molecule has 2 heterocycles. The van der Waals surface area contributed by atoms with E-state index in [2.05, 4.69) is 4.98 Å². The number of ether oxygens (including phenoxy) is 1. The number of pyridine rings is 1. The van der Waals surface area contributed by atoms with Crippen LogP contribution in [0.3, 0.4) is 0 Å². The van der Waals surface area contributed by atoms with E-state index in [0.717, 1.165) is 30.4 Å². The van der Waals surface area contributed by atoms with Crippen molar-refractivity contribution in [3.05, 3.63) is 42.1 Å². The van der Waals surface area contributed by atoms with Gasteiger partial charge in [0.15, 0.2) is 5.78 Å². The molecule has 1 unspecified atom stereocenters. The Hall–Kier alpha value is -1.74. The SMILES string of the molecule is O=C(CC1CCCO1)c1cccc2cccnc12. The summed E-state index contributed by atoms with van der Waals surface area (Å²) in [5, 5.41) is 1.01. The van der Waals surface area contributed by atoms with Gasteiger partial charge in [0.05, 0.1) is 11.6 Å². The molecular weight excluding hydrogens is 226 g/mol. The first-order valence-corrected chi connectivity index (χ1v) is 6.33. The highest BCUT2D eigenvalue weighted by molar-refractivity contribution is 6.06. The first kappa shape index (κ1) is 11.4. The van der Waals surface area contributed by atoms with E-state index in [1.54, 1.807) is 6.20 Å². The second-order valence-electron chi connectivity index (χ2n) is 4.64. The monoisotopic (exact) mass is 241 g/mol. The lowest BCUT2D eigenvalue weighted by Crippen LogP contribution is -2.13. The largest absolute Gasteiger partial charge is 0.378 e. The van der Waals surface area contributed by atoms with E-state index in [1.165, 1.54) is 0 Å². The zero-order chi connectivity index (χ0) is 12.4. The molecule has 3 rings (SSSR count). The van der Waals surface area contributed by atoms with Gasteiger partial charge in [0.1, 0.15) is 0 Å². The average Bonchev–Trinajstić information content (AvgIpc) is 2.91. The van der Waals surface area contributed by atoms with Crippen LogP contribution in [-0.2, 0) is 4.74 Å². The predicted octanol–water partition coefficient (Wildman–Crippen LogP) is 2.99. The summed E-state index contributed by atoms with van der Waals surface area (Å²) >= 11 is 0. The third-order valence-corrected chi connectivity index (χ3v) is 3.37. The van der Waals surface area contributed by atoms with Gasteiger partial charge in [-0.15, -0.1) is 0 Å². The molecule has 1 aliphatic heterocycles. The molecule has 0 saturated carbocycles. The molecule has 3 nitrogen and oxygen atoms in total. The molecule has 1 aliphatic rings. The molecule has 0 radical (unpaired) electrons. The van der Waals surface area contributed by atoms with E-state index >= 15 is 0 Å². The predicted molar refractivity (Wildman–Crippen MR) is 69.7 cm³/mol. The lowest BCUT2D eigenvalue weighted by Gasteiger charge is -2.09. The van der Waals surface area contributed by atoms with Crippen LogP contribution in [0.25, 0.3) is 10.9 Å². The van der Waals surface area contributed by atoms with Gasteiger partial charge >= 0.3 is 0 Å². The van der Waals surface area contributed by atoms with Crippen LogP contribution in [0.15, 0.2) is 36.5 Å². The first-order chi connectivity index (χ1) is 8.84. The second-order valence-corrected chi connectivity index (χ2v) is 4.64. The van der Waals surface area contributed by atoms with E-state index in [0.29, 0.717) is 12.0 Å². The van der Waals surface area contributed by atoms with Crippen molar-refractivity contribution in [1.82, 2.24) is 4.98 Å². The summed E-state index contributed by atoms with van der Waals surface area (Å²) in [6.45, 7) is 0.783. The third kappa shape index (κ3) is 2.14. The van der Waals surface area contributed by atoms with Crippen molar-refractivity contribution in [2.45, 2.75) is 25.4 Å². The second kappa shape index (κ2) is 4.86. The number of aromatic nitrogens is 1. The van der Waals surface area contributed by atoms with Crippen molar-refractivity contribution in [1.29, 1.82) is 0 Å². The maximum Gasteiger partial charge on any atom is 0.167 e. The molecule has 0 N–H and O–H groups in total. The maximum absolute atomic E-state index is 12.3. The van der Waals surface area contributed by atoms with Crippen LogP contribution in [0.2, 0.25) is 0 Å². The Morgan fingerprint density at radius 3 is 3.06 bits per heavy atom. The number of para-hydroxylation sites is 1. The van der Waals surface area contributed by atoms with Crippen molar-refractivity contribution in [2.24, 2.45) is 0 Å². The minimum absolute atomic E-state index is 0.0940. The summed E-state index contributed by atoms with van der Waals surface area (Å²) in [5.74, 6) is 0.131. The molecule has 3 heteroatoms. The fourth-order valence-corrected chi connectivity index (χ4v) is 2.45. The standard InChI is InChI=1S/C15H15NO2/c17-14(10-12-6-3-9-18-12)13-7-1-4-11-5-2-8-16-15(11)13/h1-2,4-5,7-8,12H,3,6,9-10H2. The number of benzene rings is 1. The Kier molecular flexibility index (Phi) is 3.07. The number of Topliss-reactive ketones (excluding diaryl/α,β-unsaturated/α-hetero) is 1. The molecule has 0 spiro atoms. The molecule has 0 aliphatic carbocycles. The zero-order valence-corrected chi connectivity index (χ0v) is 10.1. The summed E-state index contributed by atoms with van der Waals surface area (Å²) < 4.78 is 5.52. The van der Waals surface area contributed by atoms with Gasteiger partial charge in [-0.25, -0.2) is 0 Å². The van der Waals surface area contributed by atoms with Crippen LogP contribution < -0.4 is 0 Å². The molecule has 0 amide bonds. The highest BCUT2D eigenvalue weighted by atomic mass is 16.5. The summed E-state index contributed by atoms with van der Waals surface area (Å²) in [5.41, 5.74) is 1.51.